The standard InChI is InChI=1S/C26H30N8O2/c1-16-13-34(23-10-25(36)31(4)24-14-32(8-7-27)30-26(23)24)17(2)12-33(16)18(3)19-5-6-21-22(9-19)29-20(15-35)11-28-21/h5-6,9-11,14,16-18,35H,8,12-13,15H2,1-4H3/t16-,17+,18+/m1/s1. The van der Waals surface area contributed by atoms with Crippen molar-refractivity contribution in [1.29, 1.82) is 5.26 Å². The lowest BCUT2D eigenvalue weighted by Gasteiger charge is -2.47. The average Bonchev–Trinajstić information content (AvgIpc) is 3.30. The molecule has 1 fully saturated rings. The summed E-state index contributed by atoms with van der Waals surface area (Å²) in [6.07, 6.45) is 3.37. The summed E-state index contributed by atoms with van der Waals surface area (Å²) in [6, 6.07) is 10.4. The number of aromatic nitrogens is 5. The predicted molar refractivity (Wildman–Crippen MR) is 137 cm³/mol. The van der Waals surface area contributed by atoms with E-state index < -0.39 is 0 Å². The summed E-state index contributed by atoms with van der Waals surface area (Å²) < 4.78 is 3.17. The second-order valence-corrected chi connectivity index (χ2v) is 9.64. The van der Waals surface area contributed by atoms with Crippen molar-refractivity contribution < 1.29 is 5.11 Å². The molecule has 10 heteroatoms. The number of fused-ring (bicyclic) bond motifs is 2. The van der Waals surface area contributed by atoms with Gasteiger partial charge < -0.3 is 14.6 Å². The van der Waals surface area contributed by atoms with Gasteiger partial charge in [0, 0.05) is 44.3 Å². The van der Waals surface area contributed by atoms with Gasteiger partial charge in [0.1, 0.15) is 12.1 Å². The number of benzene rings is 1. The van der Waals surface area contributed by atoms with E-state index >= 15 is 0 Å². The van der Waals surface area contributed by atoms with Crippen LogP contribution in [0.15, 0.2) is 41.5 Å². The van der Waals surface area contributed by atoms with E-state index in [1.54, 1.807) is 34.8 Å². The van der Waals surface area contributed by atoms with Gasteiger partial charge in [-0.15, -0.1) is 0 Å². The van der Waals surface area contributed by atoms with Crippen LogP contribution in [0.25, 0.3) is 22.1 Å². The zero-order valence-corrected chi connectivity index (χ0v) is 21.0. The Morgan fingerprint density at radius 2 is 2.00 bits per heavy atom. The van der Waals surface area contributed by atoms with Crippen LogP contribution in [-0.2, 0) is 20.2 Å². The van der Waals surface area contributed by atoms with Gasteiger partial charge in [0.05, 0.1) is 53.0 Å². The first-order valence-corrected chi connectivity index (χ1v) is 12.1. The maximum absolute atomic E-state index is 12.8. The van der Waals surface area contributed by atoms with Crippen LogP contribution < -0.4 is 10.5 Å². The molecule has 4 heterocycles. The number of rotatable bonds is 5. The minimum atomic E-state index is -0.135. The van der Waals surface area contributed by atoms with E-state index in [4.69, 9.17) is 5.26 Å². The average molecular weight is 487 g/mol. The molecule has 186 valence electrons. The summed E-state index contributed by atoms with van der Waals surface area (Å²) in [6.45, 7) is 8.11. The number of piperazine rings is 1. The van der Waals surface area contributed by atoms with E-state index in [0.717, 1.165) is 46.4 Å². The van der Waals surface area contributed by atoms with Crippen molar-refractivity contribution >= 4 is 27.8 Å². The Morgan fingerprint density at radius 3 is 2.75 bits per heavy atom. The highest BCUT2D eigenvalue weighted by Gasteiger charge is 2.34. The molecule has 1 aliphatic heterocycles. The Morgan fingerprint density at radius 1 is 1.19 bits per heavy atom. The van der Waals surface area contributed by atoms with Crippen LogP contribution in [-0.4, -0.2) is 59.5 Å². The molecule has 3 atom stereocenters. The second-order valence-electron chi connectivity index (χ2n) is 9.64. The van der Waals surface area contributed by atoms with Gasteiger partial charge in [-0.3, -0.25) is 19.4 Å². The molecular formula is C26H30N8O2. The molecule has 0 radical (unpaired) electrons. The number of anilines is 1. The van der Waals surface area contributed by atoms with Crippen LogP contribution in [0.2, 0.25) is 0 Å². The molecule has 1 saturated heterocycles. The SMILES string of the molecule is C[C@@H]1CN(c2cc(=O)n(C)c3cn(CC#N)nc23)[C@@H](C)CN1[C@@H](C)c1ccc2ncc(CO)nc2c1. The Labute approximate surface area is 209 Å². The number of nitrogens with zero attached hydrogens (tertiary/aromatic N) is 8. The lowest BCUT2D eigenvalue weighted by atomic mass is 9.99. The molecule has 1 N–H and O–H groups in total. The van der Waals surface area contributed by atoms with E-state index in [1.807, 2.05) is 6.07 Å². The summed E-state index contributed by atoms with van der Waals surface area (Å²) in [5.41, 5.74) is 5.47. The molecule has 36 heavy (non-hydrogen) atoms. The molecule has 0 unspecified atom stereocenters. The molecule has 4 aromatic rings. The maximum Gasteiger partial charge on any atom is 0.252 e. The van der Waals surface area contributed by atoms with Crippen molar-refractivity contribution in [3.63, 3.8) is 0 Å². The number of aliphatic hydroxyl groups is 1. The minimum absolute atomic E-state index is 0.0934. The molecule has 1 aromatic carbocycles. The molecule has 0 amide bonds. The topological polar surface area (TPSA) is 116 Å². The molecule has 0 bridgehead atoms. The third kappa shape index (κ3) is 4.10. The largest absolute Gasteiger partial charge is 0.390 e. The summed E-state index contributed by atoms with van der Waals surface area (Å²) in [5, 5.41) is 23.2. The Balaban J connectivity index is 1.44. The number of nitriles is 1. The van der Waals surface area contributed by atoms with Gasteiger partial charge in [0.2, 0.25) is 0 Å². The predicted octanol–water partition coefficient (Wildman–Crippen LogP) is 2.35. The van der Waals surface area contributed by atoms with E-state index in [0.29, 0.717) is 5.69 Å². The van der Waals surface area contributed by atoms with Crippen molar-refractivity contribution in [2.75, 3.05) is 18.0 Å². The van der Waals surface area contributed by atoms with Crippen molar-refractivity contribution in [3.05, 3.63) is 58.3 Å². The number of hydrogen-bond donors (Lipinski definition) is 1. The summed E-state index contributed by atoms with van der Waals surface area (Å²) >= 11 is 0. The zero-order valence-electron chi connectivity index (χ0n) is 21.0. The third-order valence-corrected chi connectivity index (χ3v) is 7.27. The van der Waals surface area contributed by atoms with Crippen LogP contribution in [0.1, 0.15) is 38.1 Å². The highest BCUT2D eigenvalue weighted by atomic mass is 16.3. The van der Waals surface area contributed by atoms with Crippen molar-refractivity contribution in [2.24, 2.45) is 7.05 Å². The first-order valence-electron chi connectivity index (χ1n) is 12.1. The maximum atomic E-state index is 12.8. The van der Waals surface area contributed by atoms with Crippen LogP contribution in [0.4, 0.5) is 5.69 Å². The summed E-state index contributed by atoms with van der Waals surface area (Å²) in [7, 11) is 1.73. The fourth-order valence-corrected chi connectivity index (χ4v) is 5.24. The van der Waals surface area contributed by atoms with Crippen molar-refractivity contribution in [2.45, 2.75) is 52.0 Å². The van der Waals surface area contributed by atoms with E-state index in [1.165, 1.54) is 0 Å². The first-order chi connectivity index (χ1) is 17.3. The van der Waals surface area contributed by atoms with Crippen LogP contribution >= 0.6 is 0 Å². The van der Waals surface area contributed by atoms with Crippen LogP contribution in [0, 0.1) is 11.3 Å². The smallest absolute Gasteiger partial charge is 0.252 e. The minimum Gasteiger partial charge on any atom is -0.390 e. The fourth-order valence-electron chi connectivity index (χ4n) is 5.24. The van der Waals surface area contributed by atoms with Gasteiger partial charge in [0.15, 0.2) is 0 Å². The van der Waals surface area contributed by atoms with Gasteiger partial charge in [-0.1, -0.05) is 6.07 Å². The monoisotopic (exact) mass is 486 g/mol. The highest BCUT2D eigenvalue weighted by Crippen LogP contribution is 2.33. The molecule has 0 spiro atoms. The fraction of sp³-hybridized carbons (Fsp3) is 0.423. The number of hydrogen-bond acceptors (Lipinski definition) is 8. The summed E-state index contributed by atoms with van der Waals surface area (Å²) in [4.78, 5) is 26.4. The van der Waals surface area contributed by atoms with Gasteiger partial charge in [-0.2, -0.15) is 10.4 Å². The lowest BCUT2D eigenvalue weighted by Crippen LogP contribution is -2.57. The Hall–Kier alpha value is -3.81. The molecule has 3 aromatic heterocycles. The molecule has 0 aliphatic carbocycles. The van der Waals surface area contributed by atoms with E-state index in [9.17, 15) is 9.90 Å². The quantitative estimate of drug-likeness (QED) is 0.457. The Kier molecular flexibility index (Phi) is 6.20. The molecule has 10 nitrogen and oxygen atoms in total. The lowest BCUT2D eigenvalue weighted by molar-refractivity contribution is 0.119. The Bertz CT molecular complexity index is 1540. The van der Waals surface area contributed by atoms with Crippen molar-refractivity contribution in [3.8, 4) is 6.07 Å². The van der Waals surface area contributed by atoms with Crippen LogP contribution in [0.3, 0.4) is 0 Å². The van der Waals surface area contributed by atoms with E-state index in [-0.39, 0.29) is 36.8 Å². The van der Waals surface area contributed by atoms with Gasteiger partial charge >= 0.3 is 0 Å². The molecule has 0 saturated carbocycles. The zero-order chi connectivity index (χ0) is 25.6. The molecule has 5 rings (SSSR count). The van der Waals surface area contributed by atoms with Gasteiger partial charge in [-0.25, -0.2) is 4.98 Å². The number of aryl methyl sites for hydroxylation is 1. The summed E-state index contributed by atoms with van der Waals surface area (Å²) in [5.74, 6) is 0. The number of pyridine rings is 1. The van der Waals surface area contributed by atoms with Gasteiger partial charge in [-0.05, 0) is 38.5 Å². The van der Waals surface area contributed by atoms with Gasteiger partial charge in [0.25, 0.3) is 5.56 Å². The highest BCUT2D eigenvalue weighted by molar-refractivity contribution is 5.88. The van der Waals surface area contributed by atoms with Crippen LogP contribution in [0.5, 0.6) is 0 Å². The second kappa shape index (κ2) is 9.33. The number of aliphatic hydroxyl groups excluding tert-OH is 1. The normalized spacial score (nSPS) is 19.6. The van der Waals surface area contributed by atoms with E-state index in [2.05, 4.69) is 63.8 Å². The molecular weight excluding hydrogens is 456 g/mol. The third-order valence-electron chi connectivity index (χ3n) is 7.27. The molecule has 1 aliphatic rings. The van der Waals surface area contributed by atoms with Crippen molar-refractivity contribution in [1.82, 2.24) is 29.2 Å². The first kappa shape index (κ1) is 23.9.